The molecule has 1 rings (SSSR count). The highest BCUT2D eigenvalue weighted by Crippen LogP contribution is 2.23. The van der Waals surface area contributed by atoms with Crippen molar-refractivity contribution in [2.24, 2.45) is 0 Å². The minimum absolute atomic E-state index is 0.966. The maximum atomic E-state index is 4.14. The fourth-order valence-electron chi connectivity index (χ4n) is 0.978. The summed E-state index contributed by atoms with van der Waals surface area (Å²) >= 11 is 8.28. The minimum atomic E-state index is 0.966. The van der Waals surface area contributed by atoms with E-state index in [1.54, 1.807) is 21.6 Å². The quantitative estimate of drug-likeness (QED) is 0.600. The highest BCUT2D eigenvalue weighted by molar-refractivity contribution is 8.68. The predicted octanol–water partition coefficient (Wildman–Crippen LogP) is 3.84. The molecule has 0 aliphatic rings. The lowest BCUT2D eigenvalue weighted by Crippen LogP contribution is -1.87. The first-order chi connectivity index (χ1) is 5.88. The summed E-state index contributed by atoms with van der Waals surface area (Å²) < 4.78 is 0. The molecule has 4 heteroatoms. The first-order valence-electron chi connectivity index (χ1n) is 3.48. The smallest absolute Gasteiger partial charge is 0.0289 e. The molecule has 0 spiro atoms. The van der Waals surface area contributed by atoms with Gasteiger partial charge in [-0.1, -0.05) is 45.9 Å². The van der Waals surface area contributed by atoms with Gasteiger partial charge in [-0.2, -0.15) is 0 Å². The van der Waals surface area contributed by atoms with E-state index in [4.69, 9.17) is 0 Å². The van der Waals surface area contributed by atoms with E-state index in [2.05, 4.69) is 47.6 Å². The molecular weight excluding hydrogens is 224 g/mol. The van der Waals surface area contributed by atoms with Crippen LogP contribution in [-0.4, -0.2) is 0 Å². The lowest BCUT2D eigenvalue weighted by atomic mass is 10.1. The molecule has 0 radical (unpaired) electrons. The zero-order chi connectivity index (χ0) is 8.81. The summed E-state index contributed by atoms with van der Waals surface area (Å²) in [4.78, 5) is 0. The lowest BCUT2D eigenvalue weighted by molar-refractivity contribution is 1.29. The van der Waals surface area contributed by atoms with Crippen molar-refractivity contribution in [3.8, 4) is 0 Å². The summed E-state index contributed by atoms with van der Waals surface area (Å²) in [6, 6.07) is 8.41. The van der Waals surface area contributed by atoms with Crippen LogP contribution in [0.1, 0.15) is 11.1 Å². The SMILES string of the molecule is SSCc1ccccc1CSS. The third-order valence-corrected chi connectivity index (χ3v) is 3.21. The maximum absolute atomic E-state index is 4.14. The number of benzene rings is 1. The molecule has 1 aromatic carbocycles. The summed E-state index contributed by atoms with van der Waals surface area (Å²) in [5.41, 5.74) is 2.72. The van der Waals surface area contributed by atoms with Gasteiger partial charge in [0.15, 0.2) is 0 Å². The van der Waals surface area contributed by atoms with E-state index < -0.39 is 0 Å². The molecule has 0 saturated carbocycles. The molecule has 12 heavy (non-hydrogen) atoms. The van der Waals surface area contributed by atoms with Gasteiger partial charge in [-0.25, -0.2) is 0 Å². The van der Waals surface area contributed by atoms with Gasteiger partial charge in [0.2, 0.25) is 0 Å². The Morgan fingerprint density at radius 1 is 0.917 bits per heavy atom. The van der Waals surface area contributed by atoms with Crippen molar-refractivity contribution in [2.45, 2.75) is 11.5 Å². The number of thiol groups is 2. The summed E-state index contributed by atoms with van der Waals surface area (Å²) in [7, 11) is 3.11. The molecule has 0 nitrogen and oxygen atoms in total. The first-order valence-corrected chi connectivity index (χ1v) is 7.55. The average molecular weight is 234 g/mol. The van der Waals surface area contributed by atoms with Crippen molar-refractivity contribution in [3.63, 3.8) is 0 Å². The van der Waals surface area contributed by atoms with Gasteiger partial charge in [0.05, 0.1) is 0 Å². The molecule has 0 fully saturated rings. The zero-order valence-electron chi connectivity index (χ0n) is 6.43. The second-order valence-electron chi connectivity index (χ2n) is 2.32. The molecule has 0 N–H and O–H groups in total. The van der Waals surface area contributed by atoms with Gasteiger partial charge in [0, 0.05) is 11.5 Å². The molecule has 0 heterocycles. The summed E-state index contributed by atoms with van der Waals surface area (Å²) in [5.74, 6) is 1.93. The molecule has 0 bridgehead atoms. The van der Waals surface area contributed by atoms with Crippen LogP contribution in [0.4, 0.5) is 0 Å². The number of hydrogen-bond acceptors (Lipinski definition) is 4. The van der Waals surface area contributed by atoms with Gasteiger partial charge in [-0.15, -0.1) is 23.3 Å². The Labute approximate surface area is 91.5 Å². The van der Waals surface area contributed by atoms with Crippen LogP contribution in [0, 0.1) is 0 Å². The van der Waals surface area contributed by atoms with Crippen molar-refractivity contribution in [2.75, 3.05) is 0 Å². The predicted molar refractivity (Wildman–Crippen MR) is 67.0 cm³/mol. The number of hydrogen-bond donors (Lipinski definition) is 2. The van der Waals surface area contributed by atoms with Crippen LogP contribution >= 0.6 is 44.9 Å². The fraction of sp³-hybridized carbons (Fsp3) is 0.250. The number of rotatable bonds is 4. The summed E-state index contributed by atoms with van der Waals surface area (Å²) in [6.45, 7) is 0. The molecule has 0 aliphatic carbocycles. The minimum Gasteiger partial charge on any atom is -0.111 e. The second kappa shape index (κ2) is 6.13. The molecule has 0 aliphatic heterocycles. The van der Waals surface area contributed by atoms with Crippen molar-refractivity contribution < 1.29 is 0 Å². The van der Waals surface area contributed by atoms with Gasteiger partial charge >= 0.3 is 0 Å². The third-order valence-electron chi connectivity index (χ3n) is 1.56. The Bertz CT molecular complexity index is 211. The Balaban J connectivity index is 2.77. The van der Waals surface area contributed by atoms with Gasteiger partial charge < -0.3 is 0 Å². The Morgan fingerprint density at radius 3 is 1.67 bits per heavy atom. The lowest BCUT2D eigenvalue weighted by Gasteiger charge is -2.04. The summed E-state index contributed by atoms with van der Waals surface area (Å²) in [6.07, 6.45) is 0. The van der Waals surface area contributed by atoms with Crippen molar-refractivity contribution >= 4 is 44.9 Å². The molecule has 0 amide bonds. The highest BCUT2D eigenvalue weighted by atomic mass is 33.1. The molecule has 1 aromatic rings. The normalized spacial score (nSPS) is 10.2. The monoisotopic (exact) mass is 234 g/mol. The van der Waals surface area contributed by atoms with Crippen LogP contribution < -0.4 is 0 Å². The first kappa shape index (κ1) is 10.7. The van der Waals surface area contributed by atoms with Gasteiger partial charge in [0.25, 0.3) is 0 Å². The van der Waals surface area contributed by atoms with Gasteiger partial charge in [-0.05, 0) is 11.1 Å². The Morgan fingerprint density at radius 2 is 1.33 bits per heavy atom. The molecule has 0 unspecified atom stereocenters. The molecule has 0 atom stereocenters. The van der Waals surface area contributed by atoms with E-state index in [1.165, 1.54) is 11.1 Å². The molecule has 0 saturated heterocycles. The Kier molecular flexibility index (Phi) is 5.47. The van der Waals surface area contributed by atoms with Crippen LogP contribution in [0.2, 0.25) is 0 Å². The molecule has 0 aromatic heterocycles. The molecule has 66 valence electrons. The standard InChI is InChI=1S/C8H10S4/c9-11-5-7-3-1-2-4-8(7)6-12-10/h1-4,9-10H,5-6H2. The van der Waals surface area contributed by atoms with E-state index in [9.17, 15) is 0 Å². The highest BCUT2D eigenvalue weighted by Gasteiger charge is 1.99. The molecular formula is C8H10S4. The van der Waals surface area contributed by atoms with E-state index in [-0.39, 0.29) is 0 Å². The van der Waals surface area contributed by atoms with Crippen LogP contribution in [0.5, 0.6) is 0 Å². The average Bonchev–Trinajstić information content (AvgIpc) is 2.09. The third kappa shape index (κ3) is 3.17. The fourth-order valence-corrected chi connectivity index (χ4v) is 2.65. The second-order valence-corrected chi connectivity index (χ2v) is 4.96. The van der Waals surface area contributed by atoms with E-state index in [1.807, 2.05) is 0 Å². The van der Waals surface area contributed by atoms with E-state index in [0.29, 0.717) is 0 Å². The topological polar surface area (TPSA) is 0 Å². The van der Waals surface area contributed by atoms with Crippen LogP contribution in [0.25, 0.3) is 0 Å². The van der Waals surface area contributed by atoms with E-state index in [0.717, 1.165) is 11.5 Å². The largest absolute Gasteiger partial charge is 0.111 e. The van der Waals surface area contributed by atoms with Crippen LogP contribution in [-0.2, 0) is 11.5 Å². The van der Waals surface area contributed by atoms with Crippen LogP contribution in [0.3, 0.4) is 0 Å². The van der Waals surface area contributed by atoms with Crippen molar-refractivity contribution in [1.82, 2.24) is 0 Å². The van der Waals surface area contributed by atoms with Crippen molar-refractivity contribution in [1.29, 1.82) is 0 Å². The van der Waals surface area contributed by atoms with Crippen LogP contribution in [0.15, 0.2) is 24.3 Å². The maximum Gasteiger partial charge on any atom is 0.0289 e. The van der Waals surface area contributed by atoms with E-state index >= 15 is 0 Å². The van der Waals surface area contributed by atoms with Crippen molar-refractivity contribution in [3.05, 3.63) is 35.4 Å². The van der Waals surface area contributed by atoms with Gasteiger partial charge in [0.1, 0.15) is 0 Å². The zero-order valence-corrected chi connectivity index (χ0v) is 9.86. The Hall–Kier alpha value is 0.620. The van der Waals surface area contributed by atoms with Gasteiger partial charge in [-0.3, -0.25) is 0 Å². The summed E-state index contributed by atoms with van der Waals surface area (Å²) in [5, 5.41) is 0.